The van der Waals surface area contributed by atoms with Gasteiger partial charge in [-0.05, 0) is 45.2 Å². The Bertz CT molecular complexity index is 525. The largest absolute Gasteiger partial charge is 0.478 e. The highest BCUT2D eigenvalue weighted by Gasteiger charge is 2.28. The topological polar surface area (TPSA) is 70.5 Å². The van der Waals surface area contributed by atoms with E-state index in [4.69, 9.17) is 5.11 Å². The molecule has 1 N–H and O–H groups in total. The van der Waals surface area contributed by atoms with E-state index in [1.807, 2.05) is 4.90 Å². The van der Waals surface area contributed by atoms with E-state index in [-0.39, 0.29) is 29.3 Å². The number of carbonyl (C=O) groups is 2. The van der Waals surface area contributed by atoms with E-state index in [2.05, 4.69) is 18.8 Å². The summed E-state index contributed by atoms with van der Waals surface area (Å²) in [6, 6.07) is 3.60. The van der Waals surface area contributed by atoms with Crippen molar-refractivity contribution in [2.24, 2.45) is 0 Å². The Morgan fingerprint density at radius 1 is 1.38 bits per heavy atom. The molecule has 0 saturated carbocycles. The summed E-state index contributed by atoms with van der Waals surface area (Å²) in [5, 5.41) is 9.51. The van der Waals surface area contributed by atoms with Crippen LogP contribution in [0.2, 0.25) is 0 Å². The molecule has 21 heavy (non-hydrogen) atoms. The lowest BCUT2D eigenvalue weighted by atomic mass is 9.98. The van der Waals surface area contributed by atoms with Crippen molar-refractivity contribution in [1.82, 2.24) is 9.88 Å². The molecule has 1 saturated heterocycles. The van der Waals surface area contributed by atoms with Crippen molar-refractivity contribution in [2.45, 2.75) is 50.2 Å². The van der Waals surface area contributed by atoms with Crippen LogP contribution in [-0.2, 0) is 4.79 Å². The number of carboxylic acids is 1. The van der Waals surface area contributed by atoms with Crippen LogP contribution >= 0.6 is 11.8 Å². The Morgan fingerprint density at radius 2 is 2.05 bits per heavy atom. The number of nitrogens with zero attached hydrogens (tertiary/aromatic N) is 2. The predicted octanol–water partition coefficient (Wildman–Crippen LogP) is 2.66. The highest BCUT2D eigenvalue weighted by Crippen LogP contribution is 2.25. The predicted molar refractivity (Wildman–Crippen MR) is 81.5 cm³/mol. The molecule has 0 aromatic carbocycles. The summed E-state index contributed by atoms with van der Waals surface area (Å²) in [6.45, 7) is 4.14. The van der Waals surface area contributed by atoms with Gasteiger partial charge in [-0.1, -0.05) is 11.8 Å². The molecule has 5 nitrogen and oxygen atoms in total. The molecule has 2 atom stereocenters. The third-order valence-corrected chi connectivity index (χ3v) is 4.81. The zero-order chi connectivity index (χ0) is 15.4. The van der Waals surface area contributed by atoms with Crippen LogP contribution in [0.3, 0.4) is 0 Å². The van der Waals surface area contributed by atoms with E-state index in [1.165, 1.54) is 17.8 Å². The molecular formula is C15H20N2O3S. The molecule has 1 aromatic rings. The maximum absolute atomic E-state index is 12.4. The van der Waals surface area contributed by atoms with Crippen LogP contribution in [0.1, 0.15) is 43.5 Å². The summed E-state index contributed by atoms with van der Waals surface area (Å²) in [5.41, 5.74) is 0.148. The van der Waals surface area contributed by atoms with E-state index in [0.717, 1.165) is 19.3 Å². The summed E-state index contributed by atoms with van der Waals surface area (Å²) in [7, 11) is 0. The lowest BCUT2D eigenvalue weighted by Gasteiger charge is -2.39. The van der Waals surface area contributed by atoms with Crippen LogP contribution in [0.15, 0.2) is 23.4 Å². The maximum atomic E-state index is 12.4. The number of likely N-dealkylation sites (tertiary alicyclic amines) is 1. The van der Waals surface area contributed by atoms with Gasteiger partial charge < -0.3 is 10.0 Å². The van der Waals surface area contributed by atoms with E-state index in [9.17, 15) is 9.59 Å². The summed E-state index contributed by atoms with van der Waals surface area (Å²) in [5.74, 6) is -0.731. The molecule has 1 fully saturated rings. The first-order chi connectivity index (χ1) is 10.0. The standard InChI is InChI=1S/C15H20N2O3S/c1-10-5-3-6-11(2)17(10)13(18)9-21-14-12(15(19)20)7-4-8-16-14/h4,7-8,10-11H,3,5-6,9H2,1-2H3,(H,19,20). The SMILES string of the molecule is CC1CCCC(C)N1C(=O)CSc1ncccc1C(=O)O. The average Bonchev–Trinajstić information content (AvgIpc) is 2.45. The van der Waals surface area contributed by atoms with Crippen molar-refractivity contribution < 1.29 is 14.7 Å². The Balaban J connectivity index is 2.02. The minimum absolute atomic E-state index is 0.0571. The first kappa shape index (κ1) is 15.8. The Morgan fingerprint density at radius 3 is 2.67 bits per heavy atom. The second-order valence-corrected chi connectivity index (χ2v) is 6.34. The maximum Gasteiger partial charge on any atom is 0.338 e. The lowest BCUT2D eigenvalue weighted by molar-refractivity contribution is -0.134. The molecule has 0 bridgehead atoms. The van der Waals surface area contributed by atoms with Crippen LogP contribution in [0.5, 0.6) is 0 Å². The highest BCUT2D eigenvalue weighted by atomic mass is 32.2. The van der Waals surface area contributed by atoms with Crippen molar-refractivity contribution in [3.05, 3.63) is 23.9 Å². The first-order valence-electron chi connectivity index (χ1n) is 7.13. The van der Waals surface area contributed by atoms with Gasteiger partial charge in [0.05, 0.1) is 11.3 Å². The minimum atomic E-state index is -1.02. The number of aromatic nitrogens is 1. The van der Waals surface area contributed by atoms with Crippen LogP contribution in [0.4, 0.5) is 0 Å². The number of aromatic carboxylic acids is 1. The van der Waals surface area contributed by atoms with Crippen molar-refractivity contribution in [2.75, 3.05) is 5.75 Å². The van der Waals surface area contributed by atoms with Gasteiger partial charge in [0.25, 0.3) is 0 Å². The summed E-state index contributed by atoms with van der Waals surface area (Å²) in [4.78, 5) is 29.5. The third-order valence-electron chi connectivity index (χ3n) is 3.82. The van der Waals surface area contributed by atoms with E-state index < -0.39 is 5.97 Å². The molecule has 1 aliphatic rings. The average molecular weight is 308 g/mol. The Kier molecular flexibility index (Phi) is 5.22. The number of hydrogen-bond acceptors (Lipinski definition) is 4. The van der Waals surface area contributed by atoms with Gasteiger partial charge in [0.2, 0.25) is 5.91 Å². The zero-order valence-electron chi connectivity index (χ0n) is 12.3. The van der Waals surface area contributed by atoms with Gasteiger partial charge in [-0.2, -0.15) is 0 Å². The lowest BCUT2D eigenvalue weighted by Crippen LogP contribution is -2.48. The van der Waals surface area contributed by atoms with Gasteiger partial charge >= 0.3 is 5.97 Å². The molecule has 1 aliphatic heterocycles. The molecule has 0 aliphatic carbocycles. The number of thioether (sulfide) groups is 1. The molecule has 0 spiro atoms. The first-order valence-corrected chi connectivity index (χ1v) is 8.11. The Labute approximate surface area is 128 Å². The number of hydrogen-bond donors (Lipinski definition) is 1. The molecule has 1 amide bonds. The molecule has 114 valence electrons. The Hall–Kier alpha value is -1.56. The van der Waals surface area contributed by atoms with Gasteiger partial charge in [-0.25, -0.2) is 9.78 Å². The van der Waals surface area contributed by atoms with E-state index in [0.29, 0.717) is 5.03 Å². The number of piperidine rings is 1. The summed E-state index contributed by atoms with van der Waals surface area (Å²) in [6.07, 6.45) is 4.77. The second kappa shape index (κ2) is 6.93. The van der Waals surface area contributed by atoms with Crippen LogP contribution < -0.4 is 0 Å². The van der Waals surface area contributed by atoms with Gasteiger partial charge in [0, 0.05) is 18.3 Å². The van der Waals surface area contributed by atoms with Crippen molar-refractivity contribution in [3.63, 3.8) is 0 Å². The van der Waals surface area contributed by atoms with Gasteiger partial charge in [0.1, 0.15) is 5.03 Å². The van der Waals surface area contributed by atoms with Crippen molar-refractivity contribution >= 4 is 23.6 Å². The quantitative estimate of drug-likeness (QED) is 0.866. The number of carbonyl (C=O) groups excluding carboxylic acids is 1. The fourth-order valence-electron chi connectivity index (χ4n) is 2.79. The minimum Gasteiger partial charge on any atom is -0.478 e. The fraction of sp³-hybridized carbons (Fsp3) is 0.533. The molecule has 2 unspecified atom stereocenters. The normalized spacial score (nSPS) is 22.1. The van der Waals surface area contributed by atoms with E-state index in [1.54, 1.807) is 12.3 Å². The third kappa shape index (κ3) is 3.75. The number of rotatable bonds is 4. The van der Waals surface area contributed by atoms with Crippen LogP contribution in [0.25, 0.3) is 0 Å². The van der Waals surface area contributed by atoms with Crippen LogP contribution in [0, 0.1) is 0 Å². The highest BCUT2D eigenvalue weighted by molar-refractivity contribution is 8.00. The van der Waals surface area contributed by atoms with Crippen LogP contribution in [-0.4, -0.2) is 44.7 Å². The van der Waals surface area contributed by atoms with Gasteiger partial charge in [0.15, 0.2) is 0 Å². The number of pyridine rings is 1. The van der Waals surface area contributed by atoms with Crippen molar-refractivity contribution in [1.29, 1.82) is 0 Å². The number of carboxylic acid groups (broad SMARTS) is 1. The monoisotopic (exact) mass is 308 g/mol. The molecular weight excluding hydrogens is 288 g/mol. The molecule has 1 aromatic heterocycles. The van der Waals surface area contributed by atoms with Crippen molar-refractivity contribution in [3.8, 4) is 0 Å². The second-order valence-electron chi connectivity index (χ2n) is 5.38. The smallest absolute Gasteiger partial charge is 0.338 e. The van der Waals surface area contributed by atoms with Gasteiger partial charge in [-0.15, -0.1) is 0 Å². The molecule has 2 heterocycles. The molecule has 0 radical (unpaired) electrons. The van der Waals surface area contributed by atoms with E-state index >= 15 is 0 Å². The molecule has 6 heteroatoms. The summed E-state index contributed by atoms with van der Waals surface area (Å²) >= 11 is 1.20. The zero-order valence-corrected chi connectivity index (χ0v) is 13.1. The molecule has 2 rings (SSSR count). The summed E-state index contributed by atoms with van der Waals surface area (Å²) < 4.78 is 0. The number of amides is 1. The fourth-order valence-corrected chi connectivity index (χ4v) is 3.64. The van der Waals surface area contributed by atoms with Gasteiger partial charge in [-0.3, -0.25) is 4.79 Å².